The maximum atomic E-state index is 12.8. The maximum absolute atomic E-state index is 12.8. The number of aryl methyl sites for hydroxylation is 1. The lowest BCUT2D eigenvalue weighted by Gasteiger charge is -2.35. The number of nitrogens with one attached hydrogen (secondary N) is 1. The van der Waals surface area contributed by atoms with Gasteiger partial charge in [-0.3, -0.25) is 19.4 Å². The molecule has 0 radical (unpaired) electrons. The Balaban J connectivity index is 1.79. The molecule has 0 saturated carbocycles. The minimum atomic E-state index is 0.0215. The van der Waals surface area contributed by atoms with Crippen molar-refractivity contribution in [3.05, 3.63) is 29.3 Å². The molecule has 1 fully saturated rings. The van der Waals surface area contributed by atoms with Crippen LogP contribution < -0.4 is 5.32 Å². The number of nitrogens with zero attached hydrogens (tertiary/aromatic N) is 3. The number of piperazine rings is 1. The third-order valence-corrected chi connectivity index (χ3v) is 5.59. The Labute approximate surface area is 182 Å². The lowest BCUT2D eigenvalue weighted by molar-refractivity contribution is -0.134. The van der Waals surface area contributed by atoms with Crippen molar-refractivity contribution < 1.29 is 9.59 Å². The van der Waals surface area contributed by atoms with E-state index >= 15 is 0 Å². The molecule has 0 spiro atoms. The number of anilines is 1. The van der Waals surface area contributed by atoms with Gasteiger partial charge in [0.25, 0.3) is 0 Å². The normalized spacial score (nSPS) is 15.6. The summed E-state index contributed by atoms with van der Waals surface area (Å²) in [6.45, 7) is 18.5. The van der Waals surface area contributed by atoms with Gasteiger partial charge in [0.05, 0.1) is 13.1 Å². The van der Waals surface area contributed by atoms with E-state index in [1.54, 1.807) is 0 Å². The van der Waals surface area contributed by atoms with E-state index in [1.165, 1.54) is 5.56 Å². The molecule has 1 aliphatic heterocycles. The Morgan fingerprint density at radius 2 is 1.47 bits per heavy atom. The van der Waals surface area contributed by atoms with Crippen LogP contribution in [0.3, 0.4) is 0 Å². The molecule has 0 bridgehead atoms. The van der Waals surface area contributed by atoms with Crippen LogP contribution >= 0.6 is 0 Å². The smallest absolute Gasteiger partial charge is 0.238 e. The first-order valence-corrected chi connectivity index (χ1v) is 11.2. The highest BCUT2D eigenvalue weighted by Gasteiger charge is 2.23. The van der Waals surface area contributed by atoms with Crippen LogP contribution in [0.25, 0.3) is 0 Å². The van der Waals surface area contributed by atoms with Crippen LogP contribution in [0.5, 0.6) is 0 Å². The standard InChI is InChI=1S/C24H40N4O2/c1-18(2)14-28(15-19(3)4)24(30)17-27-12-10-26(11-13-27)16-23(29)25-22-9-7-8-20(5)21(22)6/h7-9,18-19H,10-17H2,1-6H3,(H,25,29). The van der Waals surface area contributed by atoms with Crippen molar-refractivity contribution in [3.8, 4) is 0 Å². The van der Waals surface area contributed by atoms with Gasteiger partial charge in [-0.05, 0) is 42.9 Å². The van der Waals surface area contributed by atoms with E-state index in [1.807, 2.05) is 24.0 Å². The molecule has 0 unspecified atom stereocenters. The lowest BCUT2D eigenvalue weighted by atomic mass is 10.1. The number of hydrogen-bond donors (Lipinski definition) is 1. The topological polar surface area (TPSA) is 55.9 Å². The van der Waals surface area contributed by atoms with Gasteiger partial charge in [0.2, 0.25) is 11.8 Å². The van der Waals surface area contributed by atoms with Crippen LogP contribution in [0.4, 0.5) is 5.69 Å². The van der Waals surface area contributed by atoms with Crippen molar-refractivity contribution in [3.63, 3.8) is 0 Å². The molecule has 0 aliphatic carbocycles. The average molecular weight is 417 g/mol. The first kappa shape index (κ1) is 24.4. The zero-order valence-electron chi connectivity index (χ0n) is 19.7. The SMILES string of the molecule is Cc1cccc(NC(=O)CN2CCN(CC(=O)N(CC(C)C)CC(C)C)CC2)c1C. The number of amides is 2. The van der Waals surface area contributed by atoms with Crippen molar-refractivity contribution in [2.45, 2.75) is 41.5 Å². The second-order valence-electron chi connectivity index (χ2n) is 9.43. The second-order valence-corrected chi connectivity index (χ2v) is 9.43. The van der Waals surface area contributed by atoms with Gasteiger partial charge < -0.3 is 10.2 Å². The van der Waals surface area contributed by atoms with Gasteiger partial charge in [0.15, 0.2) is 0 Å². The minimum Gasteiger partial charge on any atom is -0.341 e. The van der Waals surface area contributed by atoms with Crippen molar-refractivity contribution in [1.29, 1.82) is 0 Å². The van der Waals surface area contributed by atoms with E-state index in [2.05, 4.69) is 55.8 Å². The van der Waals surface area contributed by atoms with E-state index in [-0.39, 0.29) is 11.8 Å². The highest BCUT2D eigenvalue weighted by molar-refractivity contribution is 5.93. The molecule has 30 heavy (non-hydrogen) atoms. The Kier molecular flexibility index (Phi) is 9.31. The number of carbonyl (C=O) groups excluding carboxylic acids is 2. The van der Waals surface area contributed by atoms with Crippen LogP contribution in [0, 0.1) is 25.7 Å². The molecular weight excluding hydrogens is 376 g/mol. The summed E-state index contributed by atoms with van der Waals surface area (Å²) in [6.07, 6.45) is 0. The summed E-state index contributed by atoms with van der Waals surface area (Å²) < 4.78 is 0. The molecule has 1 aromatic carbocycles. The molecular formula is C24H40N4O2. The van der Waals surface area contributed by atoms with Crippen molar-refractivity contribution in [1.82, 2.24) is 14.7 Å². The van der Waals surface area contributed by atoms with Crippen molar-refractivity contribution in [2.24, 2.45) is 11.8 Å². The van der Waals surface area contributed by atoms with Crippen LogP contribution in [0.2, 0.25) is 0 Å². The predicted octanol–water partition coefficient (Wildman–Crippen LogP) is 3.00. The Morgan fingerprint density at radius 3 is 2.00 bits per heavy atom. The molecule has 0 atom stereocenters. The third kappa shape index (κ3) is 7.73. The summed E-state index contributed by atoms with van der Waals surface area (Å²) >= 11 is 0. The molecule has 6 heteroatoms. The third-order valence-electron chi connectivity index (χ3n) is 5.59. The molecule has 1 saturated heterocycles. The van der Waals surface area contributed by atoms with Gasteiger partial charge in [-0.2, -0.15) is 0 Å². The van der Waals surface area contributed by atoms with Gasteiger partial charge in [-0.1, -0.05) is 39.8 Å². The van der Waals surface area contributed by atoms with E-state index in [9.17, 15) is 9.59 Å². The fourth-order valence-electron chi connectivity index (χ4n) is 3.84. The molecule has 1 heterocycles. The van der Waals surface area contributed by atoms with Crippen LogP contribution in [0.15, 0.2) is 18.2 Å². The zero-order valence-corrected chi connectivity index (χ0v) is 19.7. The fraction of sp³-hybridized carbons (Fsp3) is 0.667. The maximum Gasteiger partial charge on any atom is 0.238 e. The van der Waals surface area contributed by atoms with E-state index in [0.29, 0.717) is 24.9 Å². The summed E-state index contributed by atoms with van der Waals surface area (Å²) in [6, 6.07) is 5.97. The second kappa shape index (κ2) is 11.5. The Hall–Kier alpha value is -1.92. The number of benzene rings is 1. The monoisotopic (exact) mass is 416 g/mol. The van der Waals surface area contributed by atoms with Crippen molar-refractivity contribution >= 4 is 17.5 Å². The van der Waals surface area contributed by atoms with E-state index < -0.39 is 0 Å². The Morgan fingerprint density at radius 1 is 0.933 bits per heavy atom. The highest BCUT2D eigenvalue weighted by Crippen LogP contribution is 2.18. The van der Waals surface area contributed by atoms with Crippen LogP contribution in [-0.2, 0) is 9.59 Å². The summed E-state index contributed by atoms with van der Waals surface area (Å²) in [5, 5.41) is 3.04. The molecule has 1 N–H and O–H groups in total. The quantitative estimate of drug-likeness (QED) is 0.672. The molecule has 1 aromatic rings. The summed E-state index contributed by atoms with van der Waals surface area (Å²) in [4.78, 5) is 31.7. The first-order valence-electron chi connectivity index (χ1n) is 11.2. The zero-order chi connectivity index (χ0) is 22.3. The van der Waals surface area contributed by atoms with Gasteiger partial charge in [-0.15, -0.1) is 0 Å². The van der Waals surface area contributed by atoms with Gasteiger partial charge >= 0.3 is 0 Å². The molecule has 168 valence electrons. The number of carbonyl (C=O) groups is 2. The Bertz CT molecular complexity index is 699. The molecule has 6 nitrogen and oxygen atoms in total. The number of rotatable bonds is 9. The van der Waals surface area contributed by atoms with Crippen LogP contribution in [0.1, 0.15) is 38.8 Å². The predicted molar refractivity (Wildman–Crippen MR) is 124 cm³/mol. The molecule has 2 rings (SSSR count). The molecule has 0 aromatic heterocycles. The number of hydrogen-bond acceptors (Lipinski definition) is 4. The largest absolute Gasteiger partial charge is 0.341 e. The average Bonchev–Trinajstić information content (AvgIpc) is 2.65. The van der Waals surface area contributed by atoms with Crippen molar-refractivity contribution in [2.75, 3.05) is 57.7 Å². The summed E-state index contributed by atoms with van der Waals surface area (Å²) in [5.74, 6) is 1.19. The molecule has 2 amide bonds. The van der Waals surface area contributed by atoms with E-state index in [4.69, 9.17) is 0 Å². The summed E-state index contributed by atoms with van der Waals surface area (Å²) in [5.41, 5.74) is 3.18. The summed E-state index contributed by atoms with van der Waals surface area (Å²) in [7, 11) is 0. The lowest BCUT2D eigenvalue weighted by Crippen LogP contribution is -2.52. The highest BCUT2D eigenvalue weighted by atomic mass is 16.2. The van der Waals surface area contributed by atoms with Gasteiger partial charge in [-0.25, -0.2) is 0 Å². The fourth-order valence-corrected chi connectivity index (χ4v) is 3.84. The minimum absolute atomic E-state index is 0.0215. The van der Waals surface area contributed by atoms with Crippen LogP contribution in [-0.4, -0.2) is 78.9 Å². The molecule has 1 aliphatic rings. The first-order chi connectivity index (χ1) is 14.2. The van der Waals surface area contributed by atoms with Gasteiger partial charge in [0, 0.05) is 45.0 Å². The van der Waals surface area contributed by atoms with E-state index in [0.717, 1.165) is 50.5 Å². The van der Waals surface area contributed by atoms with Gasteiger partial charge in [0.1, 0.15) is 0 Å².